The van der Waals surface area contributed by atoms with Gasteiger partial charge in [0.1, 0.15) is 5.82 Å². The first-order valence-electron chi connectivity index (χ1n) is 7.40. The van der Waals surface area contributed by atoms with Gasteiger partial charge in [0.25, 0.3) is 0 Å². The number of aromatic nitrogens is 1. The molecule has 7 nitrogen and oxygen atoms in total. The number of anilines is 3. The summed E-state index contributed by atoms with van der Waals surface area (Å²) in [4.78, 5) is 27.5. The second-order valence-corrected chi connectivity index (χ2v) is 5.61. The monoisotopic (exact) mass is 330 g/mol. The Labute approximate surface area is 137 Å². The summed E-state index contributed by atoms with van der Waals surface area (Å²) in [6.07, 6.45) is 3.33. The third-order valence-electron chi connectivity index (χ3n) is 3.85. The average Bonchev–Trinajstić information content (AvgIpc) is 3.39. The van der Waals surface area contributed by atoms with E-state index < -0.39 is 16.4 Å². The first-order chi connectivity index (χ1) is 11.5. The minimum atomic E-state index is -0.902. The molecule has 0 saturated heterocycles. The number of halogens is 1. The predicted octanol–water partition coefficient (Wildman–Crippen LogP) is 3.25. The molecule has 3 rings (SSSR count). The summed E-state index contributed by atoms with van der Waals surface area (Å²) >= 11 is 0. The molecular weight excluding hydrogens is 315 g/mol. The van der Waals surface area contributed by atoms with E-state index in [-0.39, 0.29) is 11.8 Å². The Bertz CT molecular complexity index is 808. The minimum absolute atomic E-state index is 0.0521. The highest BCUT2D eigenvalue weighted by Gasteiger charge is 2.29. The number of nitro benzene ring substituents is 1. The summed E-state index contributed by atoms with van der Waals surface area (Å²) in [7, 11) is 1.70. The Morgan fingerprint density at radius 1 is 1.33 bits per heavy atom. The van der Waals surface area contributed by atoms with Crippen LogP contribution in [0.25, 0.3) is 0 Å². The van der Waals surface area contributed by atoms with Gasteiger partial charge in [0, 0.05) is 48.7 Å². The van der Waals surface area contributed by atoms with Gasteiger partial charge in [-0.05, 0) is 25.0 Å². The van der Waals surface area contributed by atoms with Gasteiger partial charge in [-0.25, -0.2) is 4.98 Å². The van der Waals surface area contributed by atoms with Crippen LogP contribution in [-0.4, -0.2) is 22.9 Å². The third-order valence-corrected chi connectivity index (χ3v) is 3.85. The van der Waals surface area contributed by atoms with Crippen molar-refractivity contribution in [3.63, 3.8) is 0 Å². The van der Waals surface area contributed by atoms with Gasteiger partial charge >= 0.3 is 5.69 Å². The summed E-state index contributed by atoms with van der Waals surface area (Å²) in [5.74, 6) is -0.472. The van der Waals surface area contributed by atoms with Crippen LogP contribution in [0, 0.1) is 21.8 Å². The fourth-order valence-corrected chi connectivity index (χ4v) is 2.27. The van der Waals surface area contributed by atoms with Gasteiger partial charge < -0.3 is 10.2 Å². The SMILES string of the molecule is CN(c1ccnc(NC(=O)C2CC2)c1)c1ccc([N+](=O)[O-])c(F)c1. The lowest BCUT2D eigenvalue weighted by Gasteiger charge is -2.20. The number of benzene rings is 1. The van der Waals surface area contributed by atoms with Crippen LogP contribution in [0.2, 0.25) is 0 Å². The van der Waals surface area contributed by atoms with E-state index in [1.807, 2.05) is 0 Å². The molecule has 124 valence electrons. The van der Waals surface area contributed by atoms with Crippen LogP contribution in [0.1, 0.15) is 12.8 Å². The number of hydrogen-bond acceptors (Lipinski definition) is 5. The van der Waals surface area contributed by atoms with Gasteiger partial charge in [0.2, 0.25) is 11.7 Å². The van der Waals surface area contributed by atoms with E-state index in [1.54, 1.807) is 24.1 Å². The van der Waals surface area contributed by atoms with Gasteiger partial charge in [0.15, 0.2) is 0 Å². The molecule has 1 aliphatic rings. The lowest BCUT2D eigenvalue weighted by molar-refractivity contribution is -0.387. The zero-order chi connectivity index (χ0) is 17.3. The normalized spacial score (nSPS) is 13.4. The molecule has 0 atom stereocenters. The number of rotatable bonds is 5. The lowest BCUT2D eigenvalue weighted by atomic mass is 10.2. The number of nitrogens with one attached hydrogen (secondary N) is 1. The maximum absolute atomic E-state index is 13.8. The Morgan fingerprint density at radius 3 is 2.67 bits per heavy atom. The first kappa shape index (κ1) is 15.9. The molecule has 1 fully saturated rings. The van der Waals surface area contributed by atoms with Crippen LogP contribution in [0.15, 0.2) is 36.5 Å². The zero-order valence-electron chi connectivity index (χ0n) is 12.9. The lowest BCUT2D eigenvalue weighted by Crippen LogP contribution is -2.15. The Hall–Kier alpha value is -3.03. The molecular formula is C16H15FN4O3. The average molecular weight is 330 g/mol. The number of pyridine rings is 1. The topological polar surface area (TPSA) is 88.4 Å². The summed E-state index contributed by atoms with van der Waals surface area (Å²) in [6, 6.07) is 7.05. The second-order valence-electron chi connectivity index (χ2n) is 5.61. The van der Waals surface area contributed by atoms with Crippen molar-refractivity contribution in [1.82, 2.24) is 4.98 Å². The molecule has 24 heavy (non-hydrogen) atoms. The van der Waals surface area contributed by atoms with E-state index in [0.717, 1.165) is 25.0 Å². The molecule has 0 unspecified atom stereocenters. The molecule has 8 heteroatoms. The van der Waals surface area contributed by atoms with Crippen LogP contribution in [0.5, 0.6) is 0 Å². The highest BCUT2D eigenvalue weighted by atomic mass is 19.1. The van der Waals surface area contributed by atoms with E-state index >= 15 is 0 Å². The first-order valence-corrected chi connectivity index (χ1v) is 7.40. The Balaban J connectivity index is 1.81. The van der Waals surface area contributed by atoms with E-state index in [9.17, 15) is 19.3 Å². The van der Waals surface area contributed by atoms with Crippen LogP contribution in [0.4, 0.5) is 27.3 Å². The van der Waals surface area contributed by atoms with Crippen molar-refractivity contribution in [2.24, 2.45) is 5.92 Å². The summed E-state index contributed by atoms with van der Waals surface area (Å²) in [6.45, 7) is 0. The summed E-state index contributed by atoms with van der Waals surface area (Å²) in [5.41, 5.74) is 0.549. The van der Waals surface area contributed by atoms with Gasteiger partial charge in [-0.3, -0.25) is 14.9 Å². The van der Waals surface area contributed by atoms with Crippen molar-refractivity contribution in [3.8, 4) is 0 Å². The number of nitro groups is 1. The summed E-state index contributed by atoms with van der Waals surface area (Å²) < 4.78 is 13.8. The van der Waals surface area contributed by atoms with E-state index in [4.69, 9.17) is 0 Å². The molecule has 1 N–H and O–H groups in total. The van der Waals surface area contributed by atoms with Crippen molar-refractivity contribution in [3.05, 3.63) is 52.5 Å². The van der Waals surface area contributed by atoms with Crippen LogP contribution in [0.3, 0.4) is 0 Å². The van der Waals surface area contributed by atoms with Gasteiger partial charge in [-0.2, -0.15) is 4.39 Å². The smallest absolute Gasteiger partial charge is 0.304 e. The third kappa shape index (κ3) is 3.32. The van der Waals surface area contributed by atoms with Crippen molar-refractivity contribution in [2.75, 3.05) is 17.3 Å². The number of nitrogens with zero attached hydrogens (tertiary/aromatic N) is 3. The summed E-state index contributed by atoms with van der Waals surface area (Å²) in [5, 5.41) is 13.4. The maximum atomic E-state index is 13.8. The quantitative estimate of drug-likeness (QED) is 0.671. The van der Waals surface area contributed by atoms with Gasteiger partial charge in [-0.1, -0.05) is 0 Å². The molecule has 1 saturated carbocycles. The standard InChI is InChI=1S/C16H15FN4O3/c1-20(11-4-5-14(21(23)24)13(17)8-11)12-6-7-18-15(9-12)19-16(22)10-2-3-10/h4-10H,2-3H2,1H3,(H,18,19,22). The Morgan fingerprint density at radius 2 is 2.04 bits per heavy atom. The molecule has 1 heterocycles. The fraction of sp³-hybridized carbons (Fsp3) is 0.250. The van der Waals surface area contributed by atoms with Gasteiger partial charge in [-0.15, -0.1) is 0 Å². The predicted molar refractivity (Wildman–Crippen MR) is 86.7 cm³/mol. The number of hydrogen-bond donors (Lipinski definition) is 1. The van der Waals surface area contributed by atoms with E-state index in [2.05, 4.69) is 10.3 Å². The molecule has 1 aromatic carbocycles. The molecule has 0 aliphatic heterocycles. The fourth-order valence-electron chi connectivity index (χ4n) is 2.27. The van der Waals surface area contributed by atoms with E-state index in [0.29, 0.717) is 17.2 Å². The van der Waals surface area contributed by atoms with E-state index in [1.165, 1.54) is 12.3 Å². The molecule has 0 bridgehead atoms. The molecule has 0 radical (unpaired) electrons. The second kappa shape index (κ2) is 6.23. The molecule has 2 aromatic rings. The molecule has 1 amide bonds. The van der Waals surface area contributed by atoms with Crippen molar-refractivity contribution >= 4 is 28.8 Å². The highest BCUT2D eigenvalue weighted by Crippen LogP contribution is 2.31. The Kier molecular flexibility index (Phi) is 4.11. The van der Waals surface area contributed by atoms with Crippen molar-refractivity contribution in [1.29, 1.82) is 0 Å². The highest BCUT2D eigenvalue weighted by molar-refractivity contribution is 5.93. The van der Waals surface area contributed by atoms with Gasteiger partial charge in [0.05, 0.1) is 4.92 Å². The maximum Gasteiger partial charge on any atom is 0.304 e. The minimum Gasteiger partial charge on any atom is -0.344 e. The van der Waals surface area contributed by atoms with Crippen molar-refractivity contribution in [2.45, 2.75) is 12.8 Å². The van der Waals surface area contributed by atoms with Crippen LogP contribution in [-0.2, 0) is 4.79 Å². The number of carbonyl (C=O) groups is 1. The van der Waals surface area contributed by atoms with Crippen molar-refractivity contribution < 1.29 is 14.1 Å². The molecule has 1 aromatic heterocycles. The van der Waals surface area contributed by atoms with Crippen LogP contribution < -0.4 is 10.2 Å². The zero-order valence-corrected chi connectivity index (χ0v) is 12.9. The number of carbonyl (C=O) groups excluding carboxylic acids is 1. The number of amides is 1. The molecule has 0 spiro atoms. The largest absolute Gasteiger partial charge is 0.344 e. The van der Waals surface area contributed by atoms with Crippen LogP contribution >= 0.6 is 0 Å². The molecule has 1 aliphatic carbocycles.